The summed E-state index contributed by atoms with van der Waals surface area (Å²) in [6.45, 7) is 1.58. The van der Waals surface area contributed by atoms with E-state index in [1.807, 2.05) is 0 Å². The first-order valence-corrected chi connectivity index (χ1v) is 4.29. The summed E-state index contributed by atoms with van der Waals surface area (Å²) in [4.78, 5) is 27.1. The zero-order chi connectivity index (χ0) is 7.94. The molecular weight excluding hydrogens is 182 g/mol. The molecule has 1 aliphatic heterocycles. The Kier molecular flexibility index (Phi) is 3.92. The molecule has 1 saturated heterocycles. The number of hydrogen-bond donors (Lipinski definition) is 2. The van der Waals surface area contributed by atoms with E-state index < -0.39 is 19.2 Å². The second kappa shape index (κ2) is 3.66. The molecule has 0 aromatic rings. The number of carbonyl (C=O) groups is 1. The van der Waals surface area contributed by atoms with E-state index in [0.29, 0.717) is 0 Å². The number of carbonyl (C=O) groups excluding carboxylic acids is 1. The van der Waals surface area contributed by atoms with Crippen LogP contribution in [0.2, 0.25) is 0 Å². The van der Waals surface area contributed by atoms with Gasteiger partial charge in [0.15, 0.2) is 6.10 Å². The molecule has 0 aromatic heterocycles. The minimum absolute atomic E-state index is 0. The maximum Gasteiger partial charge on any atom is 1.00 e. The first-order chi connectivity index (χ1) is 4.43. The Labute approximate surface area is 85.6 Å². The molecule has 0 radical (unpaired) electrons. The van der Waals surface area contributed by atoms with Crippen LogP contribution in [0, 0.1) is 0 Å². The summed E-state index contributed by atoms with van der Waals surface area (Å²) in [7, 11) is -4.55. The maximum atomic E-state index is 10.5. The molecule has 0 aromatic carbocycles. The molecule has 7 heteroatoms. The van der Waals surface area contributed by atoms with Gasteiger partial charge in [-0.15, -0.1) is 0 Å². The standard InChI is InChI=1S/C4H7O5P.Na/c1-2-3(9-2)4(5)10(6,7)8;/h2-3H,1H3,(H2,6,7,8);/q;+1. The van der Waals surface area contributed by atoms with Crippen molar-refractivity contribution in [1.29, 1.82) is 0 Å². The second-order valence-electron chi connectivity index (χ2n) is 2.14. The molecule has 0 saturated carbocycles. The van der Waals surface area contributed by atoms with E-state index in [1.54, 1.807) is 6.92 Å². The van der Waals surface area contributed by atoms with Crippen LogP contribution < -0.4 is 29.6 Å². The Morgan fingerprint density at radius 1 is 1.55 bits per heavy atom. The van der Waals surface area contributed by atoms with Crippen molar-refractivity contribution < 1.29 is 53.4 Å². The molecule has 1 heterocycles. The molecule has 2 unspecified atom stereocenters. The molecule has 0 bridgehead atoms. The zero-order valence-electron chi connectivity index (χ0n) is 6.22. The van der Waals surface area contributed by atoms with Crippen LogP contribution in [0.3, 0.4) is 0 Å². The fourth-order valence-electron chi connectivity index (χ4n) is 0.611. The monoisotopic (exact) mass is 189 g/mol. The normalized spacial score (nSPS) is 29.0. The van der Waals surface area contributed by atoms with Crippen molar-refractivity contribution in [3.8, 4) is 0 Å². The molecule has 2 N–H and O–H groups in total. The summed E-state index contributed by atoms with van der Waals surface area (Å²) in [6.07, 6.45) is -1.21. The minimum Gasteiger partial charge on any atom is -0.361 e. The first-order valence-electron chi connectivity index (χ1n) is 2.68. The van der Waals surface area contributed by atoms with Crippen molar-refractivity contribution in [1.82, 2.24) is 0 Å². The van der Waals surface area contributed by atoms with Crippen LogP contribution >= 0.6 is 7.60 Å². The number of rotatable bonds is 2. The Morgan fingerprint density at radius 2 is 1.91 bits per heavy atom. The average Bonchev–Trinajstić information content (AvgIpc) is 2.42. The van der Waals surface area contributed by atoms with Gasteiger partial charge in [0.25, 0.3) is 5.52 Å². The summed E-state index contributed by atoms with van der Waals surface area (Å²) < 4.78 is 14.8. The fourth-order valence-corrected chi connectivity index (χ4v) is 1.21. The molecule has 58 valence electrons. The SMILES string of the molecule is CC1OC1C(=O)P(=O)(O)O.[Na+]. The van der Waals surface area contributed by atoms with Gasteiger partial charge in [-0.25, -0.2) is 0 Å². The number of hydrogen-bond acceptors (Lipinski definition) is 3. The first kappa shape index (κ1) is 11.8. The molecule has 2 atom stereocenters. The molecule has 0 amide bonds. The molecule has 0 spiro atoms. The van der Waals surface area contributed by atoms with Gasteiger partial charge in [0.05, 0.1) is 6.10 Å². The van der Waals surface area contributed by atoms with Gasteiger partial charge in [-0.3, -0.25) is 9.36 Å². The van der Waals surface area contributed by atoms with Gasteiger partial charge in [0.1, 0.15) is 0 Å². The van der Waals surface area contributed by atoms with Crippen LogP contribution in [0.15, 0.2) is 0 Å². The minimum atomic E-state index is -4.55. The maximum absolute atomic E-state index is 10.5. The molecule has 1 rings (SSSR count). The molecule has 0 aliphatic carbocycles. The Morgan fingerprint density at radius 3 is 2.00 bits per heavy atom. The van der Waals surface area contributed by atoms with Gasteiger partial charge < -0.3 is 14.5 Å². The van der Waals surface area contributed by atoms with Crippen LogP contribution in [-0.4, -0.2) is 27.5 Å². The van der Waals surface area contributed by atoms with E-state index >= 15 is 0 Å². The molecular formula is C4H7NaO5P+. The van der Waals surface area contributed by atoms with Crippen LogP contribution in [0.5, 0.6) is 0 Å². The van der Waals surface area contributed by atoms with Crippen molar-refractivity contribution in [2.45, 2.75) is 19.1 Å². The van der Waals surface area contributed by atoms with Crippen LogP contribution in [0.4, 0.5) is 0 Å². The molecule has 1 aliphatic rings. The third-order valence-corrected chi connectivity index (χ3v) is 2.07. The fraction of sp³-hybridized carbons (Fsp3) is 0.750. The summed E-state index contributed by atoms with van der Waals surface area (Å²) in [5.74, 6) is 0. The van der Waals surface area contributed by atoms with Gasteiger partial charge in [-0.1, -0.05) is 0 Å². The summed E-state index contributed by atoms with van der Waals surface area (Å²) in [5, 5.41) is 0. The average molecular weight is 189 g/mol. The van der Waals surface area contributed by atoms with Gasteiger partial charge in [-0.05, 0) is 6.92 Å². The molecule has 5 nitrogen and oxygen atoms in total. The largest absolute Gasteiger partial charge is 1.00 e. The molecule has 11 heavy (non-hydrogen) atoms. The Bertz CT molecular complexity index is 211. The van der Waals surface area contributed by atoms with Crippen LogP contribution in [-0.2, 0) is 14.1 Å². The van der Waals surface area contributed by atoms with Crippen molar-refractivity contribution in [3.63, 3.8) is 0 Å². The second-order valence-corrected chi connectivity index (χ2v) is 3.67. The van der Waals surface area contributed by atoms with Gasteiger partial charge in [-0.2, -0.15) is 0 Å². The number of epoxide rings is 1. The van der Waals surface area contributed by atoms with Crippen LogP contribution in [0.1, 0.15) is 6.92 Å². The van der Waals surface area contributed by atoms with Crippen molar-refractivity contribution in [2.75, 3.05) is 0 Å². The van der Waals surface area contributed by atoms with Gasteiger partial charge in [0, 0.05) is 0 Å². The van der Waals surface area contributed by atoms with E-state index in [2.05, 4.69) is 4.74 Å². The van der Waals surface area contributed by atoms with Crippen molar-refractivity contribution in [3.05, 3.63) is 0 Å². The van der Waals surface area contributed by atoms with E-state index in [9.17, 15) is 9.36 Å². The summed E-state index contributed by atoms with van der Waals surface area (Å²) >= 11 is 0. The van der Waals surface area contributed by atoms with E-state index in [-0.39, 0.29) is 35.7 Å². The topological polar surface area (TPSA) is 87.1 Å². The summed E-state index contributed by atoms with van der Waals surface area (Å²) in [5.41, 5.74) is -1.11. The van der Waals surface area contributed by atoms with E-state index in [0.717, 1.165) is 0 Å². The predicted molar refractivity (Wildman–Crippen MR) is 31.4 cm³/mol. The van der Waals surface area contributed by atoms with Crippen LogP contribution in [0.25, 0.3) is 0 Å². The summed E-state index contributed by atoms with van der Waals surface area (Å²) in [6, 6.07) is 0. The Balaban J connectivity index is 0.000001000. The third-order valence-electron chi connectivity index (χ3n) is 1.24. The van der Waals surface area contributed by atoms with Gasteiger partial charge in [0.2, 0.25) is 0 Å². The Hall–Kier alpha value is 0.780. The smallest absolute Gasteiger partial charge is 0.361 e. The quantitative estimate of drug-likeness (QED) is 0.267. The van der Waals surface area contributed by atoms with E-state index in [1.165, 1.54) is 0 Å². The van der Waals surface area contributed by atoms with Crippen molar-refractivity contribution >= 4 is 13.1 Å². The third kappa shape index (κ3) is 2.95. The number of ether oxygens (including phenoxy) is 1. The van der Waals surface area contributed by atoms with Gasteiger partial charge >= 0.3 is 37.2 Å². The zero-order valence-corrected chi connectivity index (χ0v) is 9.12. The predicted octanol–water partition coefficient (Wildman–Crippen LogP) is -3.52. The van der Waals surface area contributed by atoms with E-state index in [4.69, 9.17) is 9.79 Å². The van der Waals surface area contributed by atoms with Crippen molar-refractivity contribution in [2.24, 2.45) is 0 Å². The molecule has 1 fully saturated rings.